The largest absolute Gasteiger partial charge is 0.419 e. The lowest BCUT2D eigenvalue weighted by atomic mass is 10.2. The molecule has 3 rings (SSSR count). The van der Waals surface area contributed by atoms with Crippen LogP contribution in [0.3, 0.4) is 0 Å². The minimum absolute atomic E-state index is 0.214. The summed E-state index contributed by atoms with van der Waals surface area (Å²) in [6, 6.07) is 8.59. The van der Waals surface area contributed by atoms with Crippen LogP contribution in [-0.2, 0) is 13.6 Å². The van der Waals surface area contributed by atoms with Crippen molar-refractivity contribution in [2.45, 2.75) is 6.54 Å². The van der Waals surface area contributed by atoms with E-state index in [1.807, 2.05) is 12.1 Å². The number of fused-ring (bicyclic) bond motifs is 1. The molecule has 3 aromatic rings. The topological polar surface area (TPSA) is 77.1 Å². The molecule has 0 aliphatic heterocycles. The van der Waals surface area contributed by atoms with Crippen molar-refractivity contribution in [1.82, 2.24) is 14.9 Å². The number of hydrogen-bond donors (Lipinski definition) is 1. The Hall–Kier alpha value is -2.89. The maximum absolute atomic E-state index is 12.1. The van der Waals surface area contributed by atoms with Gasteiger partial charge in [-0.15, -0.1) is 0 Å². The number of nitrogens with one attached hydrogen (secondary N) is 1. The summed E-state index contributed by atoms with van der Waals surface area (Å²) in [5.41, 5.74) is 2.45. The molecule has 6 nitrogen and oxygen atoms in total. The van der Waals surface area contributed by atoms with Crippen LogP contribution in [0.2, 0.25) is 0 Å². The molecule has 0 fully saturated rings. The number of rotatable bonds is 3. The maximum atomic E-state index is 12.1. The minimum atomic E-state index is -0.446. The van der Waals surface area contributed by atoms with Crippen molar-refractivity contribution in [3.05, 3.63) is 64.4 Å². The number of nitrogens with zero attached hydrogens (tertiary/aromatic N) is 2. The van der Waals surface area contributed by atoms with E-state index in [-0.39, 0.29) is 5.91 Å². The van der Waals surface area contributed by atoms with Crippen LogP contribution in [0.15, 0.2) is 51.9 Å². The molecular weight excluding hydrogens is 270 g/mol. The first-order valence-electron chi connectivity index (χ1n) is 6.42. The zero-order valence-corrected chi connectivity index (χ0v) is 11.4. The number of aryl methyl sites for hydroxylation is 1. The van der Waals surface area contributed by atoms with Crippen molar-refractivity contribution >= 4 is 17.0 Å². The van der Waals surface area contributed by atoms with Crippen LogP contribution < -0.4 is 11.1 Å². The number of carbonyl (C=O) groups is 1. The Labute approximate surface area is 120 Å². The quantitative estimate of drug-likeness (QED) is 0.789. The molecule has 0 unspecified atom stereocenters. The van der Waals surface area contributed by atoms with Crippen LogP contribution in [0.5, 0.6) is 0 Å². The van der Waals surface area contributed by atoms with E-state index in [0.717, 1.165) is 5.56 Å². The third kappa shape index (κ3) is 2.55. The number of benzene rings is 1. The van der Waals surface area contributed by atoms with Gasteiger partial charge in [-0.2, -0.15) is 0 Å². The van der Waals surface area contributed by atoms with Gasteiger partial charge in [0.1, 0.15) is 0 Å². The number of amides is 1. The average Bonchev–Trinajstić information content (AvgIpc) is 2.80. The molecule has 0 saturated carbocycles. The first-order valence-corrected chi connectivity index (χ1v) is 6.42. The van der Waals surface area contributed by atoms with Gasteiger partial charge in [0.2, 0.25) is 0 Å². The third-order valence-corrected chi connectivity index (χ3v) is 3.23. The number of oxazole rings is 1. The van der Waals surface area contributed by atoms with Gasteiger partial charge in [0.15, 0.2) is 5.58 Å². The second kappa shape index (κ2) is 5.24. The van der Waals surface area contributed by atoms with Crippen molar-refractivity contribution in [2.75, 3.05) is 0 Å². The molecule has 0 aliphatic carbocycles. The first-order chi connectivity index (χ1) is 10.1. The Balaban J connectivity index is 1.81. The molecule has 2 heterocycles. The number of carbonyl (C=O) groups excluding carboxylic acids is 1. The molecule has 1 aromatic carbocycles. The molecule has 0 radical (unpaired) electrons. The molecule has 21 heavy (non-hydrogen) atoms. The second-order valence-corrected chi connectivity index (χ2v) is 4.65. The normalized spacial score (nSPS) is 10.7. The van der Waals surface area contributed by atoms with E-state index >= 15 is 0 Å². The van der Waals surface area contributed by atoms with Crippen molar-refractivity contribution < 1.29 is 9.21 Å². The van der Waals surface area contributed by atoms with Crippen molar-refractivity contribution in [2.24, 2.45) is 7.05 Å². The first kappa shape index (κ1) is 13.1. The molecule has 0 bridgehead atoms. The van der Waals surface area contributed by atoms with E-state index in [1.54, 1.807) is 37.6 Å². The molecule has 0 saturated heterocycles. The Kier molecular flexibility index (Phi) is 3.27. The summed E-state index contributed by atoms with van der Waals surface area (Å²) < 4.78 is 6.40. The number of aromatic nitrogens is 2. The number of hydrogen-bond acceptors (Lipinski definition) is 4. The lowest BCUT2D eigenvalue weighted by molar-refractivity contribution is 0.0951. The summed E-state index contributed by atoms with van der Waals surface area (Å²) >= 11 is 0. The predicted octanol–water partition coefficient (Wildman–Crippen LogP) is 1.46. The smallest absolute Gasteiger partial charge is 0.408 e. The van der Waals surface area contributed by atoms with Gasteiger partial charge in [-0.3, -0.25) is 14.3 Å². The molecule has 0 aliphatic rings. The van der Waals surface area contributed by atoms with E-state index in [2.05, 4.69) is 10.3 Å². The van der Waals surface area contributed by atoms with Crippen LogP contribution in [0, 0.1) is 0 Å². The molecule has 2 aromatic heterocycles. The SMILES string of the molecule is Cn1c(=O)oc2ccc(C(=O)NCc3cccnc3)cc21. The summed E-state index contributed by atoms with van der Waals surface area (Å²) in [7, 11) is 1.60. The van der Waals surface area contributed by atoms with Gasteiger partial charge in [0.25, 0.3) is 5.91 Å². The van der Waals surface area contributed by atoms with E-state index in [4.69, 9.17) is 4.42 Å². The Bertz CT molecular complexity index is 849. The van der Waals surface area contributed by atoms with Gasteiger partial charge in [0.05, 0.1) is 5.52 Å². The van der Waals surface area contributed by atoms with E-state index < -0.39 is 5.76 Å². The molecule has 6 heteroatoms. The lowest BCUT2D eigenvalue weighted by Crippen LogP contribution is -2.22. The van der Waals surface area contributed by atoms with Crippen LogP contribution in [0.1, 0.15) is 15.9 Å². The molecule has 106 valence electrons. The van der Waals surface area contributed by atoms with Gasteiger partial charge in [-0.05, 0) is 29.8 Å². The van der Waals surface area contributed by atoms with Crippen molar-refractivity contribution in [3.63, 3.8) is 0 Å². The van der Waals surface area contributed by atoms with Gasteiger partial charge >= 0.3 is 5.76 Å². The fraction of sp³-hybridized carbons (Fsp3) is 0.133. The third-order valence-electron chi connectivity index (χ3n) is 3.23. The molecule has 1 amide bonds. The van der Waals surface area contributed by atoms with E-state index in [1.165, 1.54) is 4.57 Å². The van der Waals surface area contributed by atoms with Crippen LogP contribution in [-0.4, -0.2) is 15.5 Å². The zero-order valence-electron chi connectivity index (χ0n) is 11.4. The van der Waals surface area contributed by atoms with Gasteiger partial charge in [-0.1, -0.05) is 6.07 Å². The highest BCUT2D eigenvalue weighted by molar-refractivity contribution is 5.97. The fourth-order valence-electron chi connectivity index (χ4n) is 2.06. The van der Waals surface area contributed by atoms with Gasteiger partial charge in [0, 0.05) is 31.5 Å². The Morgan fingerprint density at radius 3 is 3.00 bits per heavy atom. The fourth-order valence-corrected chi connectivity index (χ4v) is 2.06. The summed E-state index contributed by atoms with van der Waals surface area (Å²) in [4.78, 5) is 27.5. The van der Waals surface area contributed by atoms with Crippen LogP contribution >= 0.6 is 0 Å². The molecule has 0 atom stereocenters. The van der Waals surface area contributed by atoms with E-state index in [0.29, 0.717) is 23.2 Å². The molecule has 1 N–H and O–H groups in total. The standard InChI is InChI=1S/C15H13N3O3/c1-18-12-7-11(4-5-13(12)21-15(18)20)14(19)17-9-10-3-2-6-16-8-10/h2-8H,9H2,1H3,(H,17,19). The van der Waals surface area contributed by atoms with Crippen LogP contribution in [0.4, 0.5) is 0 Å². The van der Waals surface area contributed by atoms with Crippen molar-refractivity contribution in [3.8, 4) is 0 Å². The highest BCUT2D eigenvalue weighted by Crippen LogP contribution is 2.14. The van der Waals surface area contributed by atoms with Gasteiger partial charge < -0.3 is 9.73 Å². The highest BCUT2D eigenvalue weighted by atomic mass is 16.4. The Morgan fingerprint density at radius 1 is 1.38 bits per heavy atom. The summed E-state index contributed by atoms with van der Waals surface area (Å²) in [5.74, 6) is -0.660. The number of pyridine rings is 1. The second-order valence-electron chi connectivity index (χ2n) is 4.65. The summed E-state index contributed by atoms with van der Waals surface area (Å²) in [5, 5.41) is 2.81. The summed E-state index contributed by atoms with van der Waals surface area (Å²) in [6.45, 7) is 0.398. The molecule has 0 spiro atoms. The minimum Gasteiger partial charge on any atom is -0.408 e. The average molecular weight is 283 g/mol. The predicted molar refractivity (Wildman–Crippen MR) is 76.9 cm³/mol. The zero-order chi connectivity index (χ0) is 14.8. The monoisotopic (exact) mass is 283 g/mol. The lowest BCUT2D eigenvalue weighted by Gasteiger charge is -2.05. The molecular formula is C15H13N3O3. The maximum Gasteiger partial charge on any atom is 0.419 e. The van der Waals surface area contributed by atoms with Gasteiger partial charge in [-0.25, -0.2) is 4.79 Å². The summed E-state index contributed by atoms with van der Waals surface area (Å²) in [6.07, 6.45) is 3.38. The Morgan fingerprint density at radius 2 is 2.24 bits per heavy atom. The van der Waals surface area contributed by atoms with E-state index in [9.17, 15) is 9.59 Å². The van der Waals surface area contributed by atoms with Crippen molar-refractivity contribution in [1.29, 1.82) is 0 Å². The highest BCUT2D eigenvalue weighted by Gasteiger charge is 2.10. The van der Waals surface area contributed by atoms with Crippen LogP contribution in [0.25, 0.3) is 11.1 Å².